The second-order valence-corrected chi connectivity index (χ2v) is 5.87. The van der Waals surface area contributed by atoms with Crippen molar-refractivity contribution in [1.29, 1.82) is 0 Å². The Morgan fingerprint density at radius 1 is 1.41 bits per heavy atom. The van der Waals surface area contributed by atoms with Gasteiger partial charge in [0.1, 0.15) is 6.61 Å². The van der Waals surface area contributed by atoms with E-state index in [1.165, 1.54) is 11.3 Å². The van der Waals surface area contributed by atoms with Gasteiger partial charge in [0.2, 0.25) is 0 Å². The van der Waals surface area contributed by atoms with Gasteiger partial charge in [-0.25, -0.2) is 13.8 Å². The fourth-order valence-corrected chi connectivity index (χ4v) is 2.07. The summed E-state index contributed by atoms with van der Waals surface area (Å²) in [5.41, 5.74) is 0.742. The molecule has 0 unspecified atom stereocenters. The van der Waals surface area contributed by atoms with Crippen LogP contribution in [0, 0.1) is 0 Å². The van der Waals surface area contributed by atoms with Crippen molar-refractivity contribution in [2.75, 3.05) is 13.2 Å². The molecule has 1 aromatic rings. The van der Waals surface area contributed by atoms with Crippen LogP contribution in [-0.2, 0) is 12.0 Å². The molecule has 0 radical (unpaired) electrons. The molecule has 0 aliphatic rings. The molecule has 0 spiro atoms. The van der Waals surface area contributed by atoms with Crippen molar-refractivity contribution in [3.63, 3.8) is 0 Å². The first kappa shape index (κ1) is 14.5. The monoisotopic (exact) mass is 264 g/mol. The Balaban J connectivity index is 2.46. The summed E-state index contributed by atoms with van der Waals surface area (Å²) < 4.78 is 25.4. The Morgan fingerprint density at radius 3 is 2.53 bits per heavy atom. The van der Waals surface area contributed by atoms with Crippen LogP contribution < -0.4 is 5.32 Å². The van der Waals surface area contributed by atoms with Gasteiger partial charge >= 0.3 is 0 Å². The summed E-state index contributed by atoms with van der Waals surface area (Å²) >= 11 is 1.53. The van der Waals surface area contributed by atoms with E-state index in [-0.39, 0.29) is 5.41 Å². The molecule has 0 fully saturated rings. The number of hydrogen-bond acceptors (Lipinski definition) is 4. The highest BCUT2D eigenvalue weighted by molar-refractivity contribution is 7.09. The first-order valence-electron chi connectivity index (χ1n) is 5.39. The molecule has 0 atom stereocenters. The number of alkyl halides is 2. The van der Waals surface area contributed by atoms with E-state index >= 15 is 0 Å². The van der Waals surface area contributed by atoms with Crippen LogP contribution in [-0.4, -0.2) is 29.2 Å². The minimum Gasteiger partial charge on any atom is -0.390 e. The summed E-state index contributed by atoms with van der Waals surface area (Å²) in [7, 11) is 0. The van der Waals surface area contributed by atoms with E-state index in [1.54, 1.807) is 0 Å². The normalized spacial score (nSPS) is 13.1. The van der Waals surface area contributed by atoms with E-state index in [9.17, 15) is 8.78 Å². The van der Waals surface area contributed by atoms with Gasteiger partial charge < -0.3 is 10.4 Å². The van der Waals surface area contributed by atoms with Gasteiger partial charge in [-0.05, 0) is 0 Å². The Morgan fingerprint density at radius 2 is 2.06 bits per heavy atom. The van der Waals surface area contributed by atoms with Crippen molar-refractivity contribution in [2.45, 2.75) is 38.7 Å². The number of hydrogen-bond donors (Lipinski definition) is 2. The molecule has 2 N–H and O–H groups in total. The van der Waals surface area contributed by atoms with Crippen LogP contribution in [0.15, 0.2) is 5.38 Å². The van der Waals surface area contributed by atoms with Crippen molar-refractivity contribution >= 4 is 11.3 Å². The number of aliphatic hydroxyl groups excluding tert-OH is 1. The predicted molar refractivity (Wildman–Crippen MR) is 64.6 cm³/mol. The van der Waals surface area contributed by atoms with Crippen molar-refractivity contribution in [3.8, 4) is 0 Å². The summed E-state index contributed by atoms with van der Waals surface area (Å²) in [4.78, 5) is 4.38. The molecule has 0 aliphatic carbocycles. The van der Waals surface area contributed by atoms with Gasteiger partial charge in [-0.1, -0.05) is 20.8 Å². The zero-order chi connectivity index (χ0) is 13.1. The van der Waals surface area contributed by atoms with Crippen LogP contribution in [0.4, 0.5) is 8.78 Å². The van der Waals surface area contributed by atoms with Gasteiger partial charge in [0, 0.05) is 17.3 Å². The van der Waals surface area contributed by atoms with Crippen LogP contribution in [0.25, 0.3) is 0 Å². The molecule has 1 heterocycles. The summed E-state index contributed by atoms with van der Waals surface area (Å²) in [6.45, 7) is 4.80. The zero-order valence-electron chi connectivity index (χ0n) is 10.3. The Bertz CT molecular complexity index is 361. The first-order chi connectivity index (χ1) is 7.74. The number of thiazole rings is 1. The highest BCUT2D eigenvalue weighted by Gasteiger charge is 2.27. The fourth-order valence-electron chi connectivity index (χ4n) is 1.16. The topological polar surface area (TPSA) is 45.2 Å². The number of nitrogens with zero attached hydrogens (tertiary/aromatic N) is 1. The lowest BCUT2D eigenvalue weighted by Crippen LogP contribution is -2.35. The summed E-state index contributed by atoms with van der Waals surface area (Å²) in [5, 5.41) is 13.8. The highest BCUT2D eigenvalue weighted by atomic mass is 32.1. The minimum absolute atomic E-state index is 0.0159. The quantitative estimate of drug-likeness (QED) is 0.856. The van der Waals surface area contributed by atoms with Crippen LogP contribution in [0.1, 0.15) is 31.5 Å². The van der Waals surface area contributed by atoms with Crippen molar-refractivity contribution in [3.05, 3.63) is 16.1 Å². The second kappa shape index (κ2) is 5.37. The standard InChI is InChI=1S/C11H18F2N2OS/c1-10(2,3)9-15-8(5-17-9)4-14-6-11(12,13)7-16/h5,14,16H,4,6-7H2,1-3H3. The Hall–Kier alpha value is -0.590. The van der Waals surface area contributed by atoms with Crippen molar-refractivity contribution in [1.82, 2.24) is 10.3 Å². The summed E-state index contributed by atoms with van der Waals surface area (Å²) in [5.74, 6) is -3.07. The third-order valence-electron chi connectivity index (χ3n) is 2.11. The minimum atomic E-state index is -3.07. The summed E-state index contributed by atoms with van der Waals surface area (Å²) in [6.07, 6.45) is 0. The maximum atomic E-state index is 12.7. The number of nitrogens with one attached hydrogen (secondary N) is 1. The molecule has 0 bridgehead atoms. The predicted octanol–water partition coefficient (Wildman–Crippen LogP) is 2.16. The Labute approximate surface area is 104 Å². The average molecular weight is 264 g/mol. The highest BCUT2D eigenvalue weighted by Crippen LogP contribution is 2.25. The largest absolute Gasteiger partial charge is 0.390 e. The maximum Gasteiger partial charge on any atom is 0.282 e. The van der Waals surface area contributed by atoms with E-state index < -0.39 is 19.1 Å². The molecule has 3 nitrogen and oxygen atoms in total. The van der Waals surface area contributed by atoms with Crippen molar-refractivity contribution in [2.24, 2.45) is 0 Å². The number of aromatic nitrogens is 1. The van der Waals surface area contributed by atoms with Crippen LogP contribution in [0.3, 0.4) is 0 Å². The molecule has 0 saturated heterocycles. The third kappa shape index (κ3) is 4.65. The smallest absolute Gasteiger partial charge is 0.282 e. The molecule has 6 heteroatoms. The lowest BCUT2D eigenvalue weighted by Gasteiger charge is -2.14. The first-order valence-corrected chi connectivity index (χ1v) is 6.27. The molecule has 98 valence electrons. The molecule has 0 aliphatic heterocycles. The number of rotatable bonds is 5. The van der Waals surface area contributed by atoms with E-state index in [0.29, 0.717) is 6.54 Å². The molecule has 0 aromatic carbocycles. The molecule has 1 rings (SSSR count). The van der Waals surface area contributed by atoms with Gasteiger partial charge in [-0.2, -0.15) is 0 Å². The Kier molecular flexibility index (Phi) is 4.57. The van der Waals surface area contributed by atoms with Gasteiger partial charge in [-0.3, -0.25) is 0 Å². The van der Waals surface area contributed by atoms with Gasteiger partial charge in [0.25, 0.3) is 5.92 Å². The van der Waals surface area contributed by atoms with E-state index in [4.69, 9.17) is 5.11 Å². The van der Waals surface area contributed by atoms with Gasteiger partial charge in [-0.15, -0.1) is 11.3 Å². The van der Waals surface area contributed by atoms with E-state index in [0.717, 1.165) is 10.7 Å². The third-order valence-corrected chi connectivity index (χ3v) is 3.43. The lowest BCUT2D eigenvalue weighted by molar-refractivity contribution is -0.0478. The lowest BCUT2D eigenvalue weighted by atomic mass is 9.98. The number of halogens is 2. The van der Waals surface area contributed by atoms with Crippen LogP contribution in [0.5, 0.6) is 0 Å². The maximum absolute atomic E-state index is 12.7. The van der Waals surface area contributed by atoms with Gasteiger partial charge in [0.15, 0.2) is 0 Å². The SMILES string of the molecule is CC(C)(C)c1nc(CNCC(F)(F)CO)cs1. The molecule has 17 heavy (non-hydrogen) atoms. The molecular weight excluding hydrogens is 246 g/mol. The second-order valence-electron chi connectivity index (χ2n) is 5.01. The summed E-state index contributed by atoms with van der Waals surface area (Å²) in [6, 6.07) is 0. The average Bonchev–Trinajstić information content (AvgIpc) is 2.66. The molecular formula is C11H18F2N2OS. The van der Waals surface area contributed by atoms with Crippen LogP contribution in [0.2, 0.25) is 0 Å². The van der Waals surface area contributed by atoms with E-state index in [1.807, 2.05) is 5.38 Å². The molecule has 0 saturated carbocycles. The number of aliphatic hydroxyl groups is 1. The van der Waals surface area contributed by atoms with E-state index in [2.05, 4.69) is 31.1 Å². The molecule has 0 amide bonds. The van der Waals surface area contributed by atoms with Crippen molar-refractivity contribution < 1.29 is 13.9 Å². The van der Waals surface area contributed by atoms with Gasteiger partial charge in [0.05, 0.1) is 17.2 Å². The molecule has 1 aromatic heterocycles. The zero-order valence-corrected chi connectivity index (χ0v) is 11.1. The van der Waals surface area contributed by atoms with Crippen LogP contribution >= 0.6 is 11.3 Å². The fraction of sp³-hybridized carbons (Fsp3) is 0.727.